The zero-order chi connectivity index (χ0) is 15.8. The number of halogens is 1. The number of para-hydroxylation sites is 1. The molecular weight excluding hydrogens is 298 g/mol. The first-order valence-electron chi connectivity index (χ1n) is 7.57. The van der Waals surface area contributed by atoms with Gasteiger partial charge in [-0.15, -0.1) is 0 Å². The van der Waals surface area contributed by atoms with Crippen LogP contribution in [0.5, 0.6) is 11.5 Å². The van der Waals surface area contributed by atoms with E-state index in [1.54, 1.807) is 0 Å². The summed E-state index contributed by atoms with van der Waals surface area (Å²) in [5.74, 6) is 1.61. The molecule has 0 heterocycles. The first-order valence-corrected chi connectivity index (χ1v) is 7.94. The van der Waals surface area contributed by atoms with Gasteiger partial charge in [-0.25, -0.2) is 0 Å². The number of nitrogens with one attached hydrogen (secondary N) is 1. The monoisotopic (exact) mass is 319 g/mol. The molecule has 0 saturated carbocycles. The van der Waals surface area contributed by atoms with E-state index in [4.69, 9.17) is 21.1 Å². The third-order valence-corrected chi connectivity index (χ3v) is 3.40. The van der Waals surface area contributed by atoms with E-state index in [-0.39, 0.29) is 6.10 Å². The molecule has 0 aliphatic rings. The molecule has 0 amide bonds. The average molecular weight is 320 g/mol. The second-order valence-corrected chi connectivity index (χ2v) is 5.52. The Morgan fingerprint density at radius 3 is 2.50 bits per heavy atom. The highest BCUT2D eigenvalue weighted by Gasteiger charge is 2.06. The molecule has 1 unspecified atom stereocenters. The minimum atomic E-state index is 0.0101. The maximum atomic E-state index is 6.09. The molecule has 1 atom stereocenters. The molecule has 0 saturated heterocycles. The molecule has 0 aromatic heterocycles. The van der Waals surface area contributed by atoms with Gasteiger partial charge in [0.15, 0.2) is 0 Å². The number of anilines is 1. The minimum absolute atomic E-state index is 0.0101. The number of benzene rings is 2. The second-order valence-electron chi connectivity index (χ2n) is 5.11. The van der Waals surface area contributed by atoms with Gasteiger partial charge in [-0.3, -0.25) is 0 Å². The molecular formula is C18H22ClNO2. The van der Waals surface area contributed by atoms with Crippen molar-refractivity contribution in [1.29, 1.82) is 0 Å². The predicted octanol–water partition coefficient (Wildman–Crippen LogP) is 5.01. The molecule has 0 radical (unpaired) electrons. The lowest BCUT2D eigenvalue weighted by Gasteiger charge is -2.17. The zero-order valence-electron chi connectivity index (χ0n) is 13.0. The maximum absolute atomic E-state index is 6.09. The maximum Gasteiger partial charge on any atom is 0.138 e. The lowest BCUT2D eigenvalue weighted by atomic mass is 10.3. The van der Waals surface area contributed by atoms with Crippen molar-refractivity contribution in [1.82, 2.24) is 0 Å². The van der Waals surface area contributed by atoms with Gasteiger partial charge in [0.1, 0.15) is 17.6 Å². The summed E-state index contributed by atoms with van der Waals surface area (Å²) in [7, 11) is 0. The summed E-state index contributed by atoms with van der Waals surface area (Å²) in [6.07, 6.45) is 1.02. The van der Waals surface area contributed by atoms with E-state index in [9.17, 15) is 0 Å². The van der Waals surface area contributed by atoms with Crippen LogP contribution >= 0.6 is 11.6 Å². The largest absolute Gasteiger partial charge is 0.494 e. The van der Waals surface area contributed by atoms with E-state index < -0.39 is 0 Å². The Kier molecular flexibility index (Phi) is 6.41. The third kappa shape index (κ3) is 5.15. The Balaban J connectivity index is 1.81. The summed E-state index contributed by atoms with van der Waals surface area (Å²) >= 11 is 6.09. The van der Waals surface area contributed by atoms with Gasteiger partial charge in [-0.05, 0) is 49.7 Å². The topological polar surface area (TPSA) is 30.5 Å². The summed E-state index contributed by atoms with van der Waals surface area (Å²) in [6.45, 7) is 5.54. The molecule has 0 aliphatic carbocycles. The fourth-order valence-corrected chi connectivity index (χ4v) is 2.13. The van der Waals surface area contributed by atoms with Gasteiger partial charge in [0, 0.05) is 5.69 Å². The molecule has 2 rings (SSSR count). The van der Waals surface area contributed by atoms with Gasteiger partial charge >= 0.3 is 0 Å². The van der Waals surface area contributed by atoms with E-state index in [1.807, 2.05) is 55.5 Å². The minimum Gasteiger partial charge on any atom is -0.494 e. The highest BCUT2D eigenvalue weighted by atomic mass is 35.5. The molecule has 0 aliphatic heterocycles. The molecule has 0 spiro atoms. The molecule has 22 heavy (non-hydrogen) atoms. The van der Waals surface area contributed by atoms with Crippen LogP contribution in [0.25, 0.3) is 0 Å². The summed E-state index contributed by atoms with van der Waals surface area (Å²) in [4.78, 5) is 0. The highest BCUT2D eigenvalue weighted by Crippen LogP contribution is 2.24. The fraction of sp³-hybridized carbons (Fsp3) is 0.333. The first-order chi connectivity index (χ1) is 10.7. The Bertz CT molecular complexity index is 572. The smallest absolute Gasteiger partial charge is 0.138 e. The Morgan fingerprint density at radius 1 is 1.09 bits per heavy atom. The molecule has 4 heteroatoms. The van der Waals surface area contributed by atoms with Crippen LogP contribution in [0.1, 0.15) is 20.3 Å². The van der Waals surface area contributed by atoms with Gasteiger partial charge < -0.3 is 14.8 Å². The van der Waals surface area contributed by atoms with Gasteiger partial charge in [-0.2, -0.15) is 0 Å². The third-order valence-electron chi connectivity index (χ3n) is 3.09. The number of ether oxygens (including phenoxy) is 2. The van der Waals surface area contributed by atoms with Crippen molar-refractivity contribution in [3.05, 3.63) is 53.6 Å². The molecule has 3 nitrogen and oxygen atoms in total. The molecule has 0 fully saturated rings. The van der Waals surface area contributed by atoms with Crippen LogP contribution in [-0.2, 0) is 0 Å². The van der Waals surface area contributed by atoms with Crippen molar-refractivity contribution in [2.24, 2.45) is 0 Å². The molecule has 1 N–H and O–H groups in total. The molecule has 0 bridgehead atoms. The Hall–Kier alpha value is -1.87. The van der Waals surface area contributed by atoms with Gasteiger partial charge in [0.2, 0.25) is 0 Å². The number of hydrogen-bond donors (Lipinski definition) is 1. The summed E-state index contributed by atoms with van der Waals surface area (Å²) in [5.41, 5.74) is 1.04. The van der Waals surface area contributed by atoms with Crippen LogP contribution in [0.15, 0.2) is 48.5 Å². The van der Waals surface area contributed by atoms with Crippen LogP contribution in [0, 0.1) is 0 Å². The number of rotatable bonds is 8. The van der Waals surface area contributed by atoms with Crippen molar-refractivity contribution < 1.29 is 9.47 Å². The Morgan fingerprint density at radius 2 is 1.82 bits per heavy atom. The van der Waals surface area contributed by atoms with Gasteiger partial charge in [0.25, 0.3) is 0 Å². The van der Waals surface area contributed by atoms with Crippen molar-refractivity contribution in [2.45, 2.75) is 26.4 Å². The normalized spacial score (nSPS) is 11.8. The fourth-order valence-electron chi connectivity index (χ4n) is 1.95. The van der Waals surface area contributed by atoms with E-state index in [0.29, 0.717) is 17.3 Å². The molecule has 118 valence electrons. The quantitative estimate of drug-likeness (QED) is 0.742. The van der Waals surface area contributed by atoms with Crippen molar-refractivity contribution in [2.75, 3.05) is 18.5 Å². The zero-order valence-corrected chi connectivity index (χ0v) is 13.8. The van der Waals surface area contributed by atoms with Crippen LogP contribution in [0.3, 0.4) is 0 Å². The lowest BCUT2D eigenvalue weighted by Crippen LogP contribution is -2.22. The predicted molar refractivity (Wildman–Crippen MR) is 92.3 cm³/mol. The summed E-state index contributed by atoms with van der Waals surface area (Å²) < 4.78 is 11.4. The van der Waals surface area contributed by atoms with E-state index >= 15 is 0 Å². The second kappa shape index (κ2) is 8.54. The van der Waals surface area contributed by atoms with E-state index in [1.165, 1.54) is 0 Å². The SMILES string of the molecule is CCCOc1ccc(NCC(C)Oc2ccccc2Cl)cc1. The average Bonchev–Trinajstić information content (AvgIpc) is 2.54. The van der Waals surface area contributed by atoms with Crippen LogP contribution in [-0.4, -0.2) is 19.3 Å². The molecule has 2 aromatic carbocycles. The lowest BCUT2D eigenvalue weighted by molar-refractivity contribution is 0.235. The van der Waals surface area contributed by atoms with Crippen molar-refractivity contribution in [3.63, 3.8) is 0 Å². The first kappa shape index (κ1) is 16.5. The van der Waals surface area contributed by atoms with Crippen molar-refractivity contribution in [3.8, 4) is 11.5 Å². The summed E-state index contributed by atoms with van der Waals surface area (Å²) in [5, 5.41) is 3.98. The van der Waals surface area contributed by atoms with Gasteiger partial charge in [-0.1, -0.05) is 30.7 Å². The van der Waals surface area contributed by atoms with Crippen LogP contribution < -0.4 is 14.8 Å². The highest BCUT2D eigenvalue weighted by molar-refractivity contribution is 6.32. The van der Waals surface area contributed by atoms with Crippen LogP contribution in [0.4, 0.5) is 5.69 Å². The standard InChI is InChI=1S/C18H22ClNO2/c1-3-12-21-16-10-8-15(9-11-16)20-13-14(2)22-18-7-5-4-6-17(18)19/h4-11,14,20H,3,12-13H2,1-2H3. The van der Waals surface area contributed by atoms with Gasteiger partial charge in [0.05, 0.1) is 18.2 Å². The van der Waals surface area contributed by atoms with Crippen molar-refractivity contribution >= 4 is 17.3 Å². The summed E-state index contributed by atoms with van der Waals surface area (Å²) in [6, 6.07) is 15.5. The van der Waals surface area contributed by atoms with E-state index in [0.717, 1.165) is 24.5 Å². The molecule has 2 aromatic rings. The number of hydrogen-bond acceptors (Lipinski definition) is 3. The van der Waals surface area contributed by atoms with Crippen LogP contribution in [0.2, 0.25) is 5.02 Å². The van der Waals surface area contributed by atoms with E-state index in [2.05, 4.69) is 12.2 Å². The Labute approximate surface area is 137 Å².